The molecule has 0 fully saturated rings. The summed E-state index contributed by atoms with van der Waals surface area (Å²) in [6, 6.07) is 12.1. The molecule has 5 nitrogen and oxygen atoms in total. The van der Waals surface area contributed by atoms with Gasteiger partial charge in [-0.15, -0.1) is 0 Å². The van der Waals surface area contributed by atoms with E-state index in [0.29, 0.717) is 13.0 Å². The van der Waals surface area contributed by atoms with Gasteiger partial charge in [-0.2, -0.15) is 5.10 Å². The number of halogens is 1. The molecule has 0 saturated heterocycles. The first-order chi connectivity index (χ1) is 13.1. The van der Waals surface area contributed by atoms with Gasteiger partial charge in [0.2, 0.25) is 0 Å². The smallest absolute Gasteiger partial charge is 0.198 e. The van der Waals surface area contributed by atoms with Gasteiger partial charge in [-0.1, -0.05) is 46.7 Å². The van der Waals surface area contributed by atoms with Crippen molar-refractivity contribution < 1.29 is 9.53 Å². The van der Waals surface area contributed by atoms with E-state index in [1.807, 2.05) is 24.4 Å². The van der Waals surface area contributed by atoms with E-state index >= 15 is 0 Å². The van der Waals surface area contributed by atoms with Crippen LogP contribution in [0.4, 0.5) is 0 Å². The number of hydrogen-bond acceptors (Lipinski definition) is 5. The lowest BCUT2D eigenvalue weighted by atomic mass is 9.96. The van der Waals surface area contributed by atoms with Crippen LogP contribution in [0.2, 0.25) is 0 Å². The molecular weight excluding hydrogens is 426 g/mol. The summed E-state index contributed by atoms with van der Waals surface area (Å²) >= 11 is 4.67. The molecule has 0 N–H and O–H groups in total. The average molecular weight is 444 g/mol. The largest absolute Gasteiger partial charge is 0.491 e. The molecule has 0 amide bonds. The van der Waals surface area contributed by atoms with Crippen molar-refractivity contribution in [2.24, 2.45) is 0 Å². The number of pyridine rings is 1. The van der Waals surface area contributed by atoms with E-state index in [4.69, 9.17) is 4.74 Å². The van der Waals surface area contributed by atoms with Crippen LogP contribution in [0.1, 0.15) is 29.7 Å². The van der Waals surface area contributed by atoms with E-state index in [2.05, 4.69) is 51.1 Å². The summed E-state index contributed by atoms with van der Waals surface area (Å²) in [5.74, 6) is 1.62. The number of fused-ring (bicyclic) bond motifs is 1. The Labute approximate surface area is 170 Å². The van der Waals surface area contributed by atoms with Crippen LogP contribution in [-0.2, 0) is 11.2 Å². The molecule has 0 spiro atoms. The maximum atomic E-state index is 11.6. The van der Waals surface area contributed by atoms with E-state index in [1.54, 1.807) is 10.9 Å². The number of carbonyl (C=O) groups is 1. The number of benzene rings is 1. The molecule has 1 aliphatic rings. The summed E-state index contributed by atoms with van der Waals surface area (Å²) in [6.07, 6.45) is 4.15. The fourth-order valence-corrected chi connectivity index (χ4v) is 4.11. The summed E-state index contributed by atoms with van der Waals surface area (Å²) in [5, 5.41) is 5.69. The molecule has 138 valence electrons. The van der Waals surface area contributed by atoms with Crippen LogP contribution in [0, 0.1) is 0 Å². The lowest BCUT2D eigenvalue weighted by Gasteiger charge is -2.11. The van der Waals surface area contributed by atoms with E-state index in [1.165, 1.54) is 11.8 Å². The molecule has 27 heavy (non-hydrogen) atoms. The number of carbonyl (C=O) groups excluding carboxylic acids is 1. The minimum Gasteiger partial charge on any atom is -0.491 e. The van der Waals surface area contributed by atoms with Crippen molar-refractivity contribution in [3.63, 3.8) is 0 Å². The lowest BCUT2D eigenvalue weighted by molar-refractivity contribution is -0.110. The molecule has 1 aromatic carbocycles. The van der Waals surface area contributed by atoms with Gasteiger partial charge in [0, 0.05) is 28.8 Å². The summed E-state index contributed by atoms with van der Waals surface area (Å²) in [5.41, 5.74) is 3.25. The Kier molecular flexibility index (Phi) is 5.31. The topological polar surface area (TPSA) is 57.0 Å². The van der Waals surface area contributed by atoms with Crippen molar-refractivity contribution in [1.82, 2.24) is 14.8 Å². The maximum Gasteiger partial charge on any atom is 0.198 e. The van der Waals surface area contributed by atoms with Gasteiger partial charge in [-0.05, 0) is 35.4 Å². The van der Waals surface area contributed by atoms with Gasteiger partial charge in [-0.3, -0.25) is 4.79 Å². The van der Waals surface area contributed by atoms with Gasteiger partial charge in [-0.25, -0.2) is 9.67 Å². The van der Waals surface area contributed by atoms with Crippen LogP contribution in [0.5, 0.6) is 5.75 Å². The van der Waals surface area contributed by atoms with Crippen LogP contribution >= 0.6 is 27.7 Å². The maximum absolute atomic E-state index is 11.6. The zero-order chi connectivity index (χ0) is 18.8. The highest BCUT2D eigenvalue weighted by Gasteiger charge is 2.21. The number of hydrogen-bond donors (Lipinski definition) is 0. The third-order valence-corrected chi connectivity index (χ3v) is 5.80. The quantitative estimate of drug-likeness (QED) is 0.529. The van der Waals surface area contributed by atoms with Gasteiger partial charge >= 0.3 is 0 Å². The number of aromatic nitrogens is 3. The fraction of sp³-hybridized carbons (Fsp3) is 0.250. The molecule has 0 radical (unpaired) electrons. The van der Waals surface area contributed by atoms with Crippen LogP contribution < -0.4 is 4.74 Å². The molecule has 1 atom stereocenters. The van der Waals surface area contributed by atoms with Crippen LogP contribution in [-0.4, -0.2) is 31.8 Å². The predicted octanol–water partition coefficient (Wildman–Crippen LogP) is 4.37. The molecule has 2 aromatic heterocycles. The number of ether oxygens (including phenoxy) is 1. The third-order valence-electron chi connectivity index (χ3n) is 4.50. The van der Waals surface area contributed by atoms with Gasteiger partial charge < -0.3 is 4.74 Å². The highest BCUT2D eigenvalue weighted by atomic mass is 79.9. The Morgan fingerprint density at radius 1 is 1.30 bits per heavy atom. The molecular formula is C20H18BrN3O2S. The predicted molar refractivity (Wildman–Crippen MR) is 109 cm³/mol. The average Bonchev–Trinajstić information content (AvgIpc) is 3.31. The minimum atomic E-state index is 0.134. The van der Waals surface area contributed by atoms with E-state index in [9.17, 15) is 4.79 Å². The SMILES string of the molecule is C[C@@H](c1ccc2c(c1)SC(=O)C2)c1ccn(-c2ccc(OCCBr)cn2)n1. The zero-order valence-corrected chi connectivity index (χ0v) is 17.2. The number of nitrogens with zero attached hydrogens (tertiary/aromatic N) is 3. The van der Waals surface area contributed by atoms with Crippen molar-refractivity contribution >= 4 is 32.8 Å². The fourth-order valence-electron chi connectivity index (χ4n) is 3.01. The Morgan fingerprint density at radius 2 is 2.19 bits per heavy atom. The Morgan fingerprint density at radius 3 is 2.96 bits per heavy atom. The van der Waals surface area contributed by atoms with Crippen LogP contribution in [0.3, 0.4) is 0 Å². The van der Waals surface area contributed by atoms with Crippen molar-refractivity contribution in [1.29, 1.82) is 0 Å². The number of thioether (sulfide) groups is 1. The summed E-state index contributed by atoms with van der Waals surface area (Å²) < 4.78 is 7.30. The second-order valence-electron chi connectivity index (χ2n) is 6.31. The second-order valence-corrected chi connectivity index (χ2v) is 8.21. The summed E-state index contributed by atoms with van der Waals surface area (Å²) in [6.45, 7) is 2.73. The monoisotopic (exact) mass is 443 g/mol. The molecule has 1 aliphatic heterocycles. The van der Waals surface area contributed by atoms with E-state index in [0.717, 1.165) is 38.6 Å². The number of alkyl halides is 1. The van der Waals surface area contributed by atoms with Crippen molar-refractivity contribution in [2.45, 2.75) is 24.2 Å². The third kappa shape index (κ3) is 3.94. The van der Waals surface area contributed by atoms with Crippen molar-refractivity contribution in [2.75, 3.05) is 11.9 Å². The normalized spacial score (nSPS) is 14.2. The Balaban J connectivity index is 1.52. The van der Waals surface area contributed by atoms with Gasteiger partial charge in [0.25, 0.3) is 0 Å². The van der Waals surface area contributed by atoms with Crippen LogP contribution in [0.15, 0.2) is 53.7 Å². The highest BCUT2D eigenvalue weighted by molar-refractivity contribution is 9.09. The highest BCUT2D eigenvalue weighted by Crippen LogP contribution is 2.35. The minimum absolute atomic E-state index is 0.134. The first-order valence-electron chi connectivity index (χ1n) is 8.68. The van der Waals surface area contributed by atoms with Gasteiger partial charge in [0.1, 0.15) is 5.75 Å². The standard InChI is InChI=1S/C20H18BrN3O2S/c1-13(14-2-3-15-11-20(25)27-18(15)10-14)17-6-8-24(23-17)19-5-4-16(12-22-19)26-9-7-21/h2-6,8,10,12-13H,7,9,11H2,1H3/t13-/m0/s1. The second kappa shape index (κ2) is 7.86. The van der Waals surface area contributed by atoms with Crippen molar-refractivity contribution in [3.05, 3.63) is 65.6 Å². The molecule has 0 unspecified atom stereocenters. The molecule has 3 heterocycles. The Bertz CT molecular complexity index is 972. The Hall–Kier alpha value is -2.12. The first-order valence-corrected chi connectivity index (χ1v) is 10.6. The molecule has 7 heteroatoms. The van der Waals surface area contributed by atoms with Gasteiger partial charge in [0.05, 0.1) is 18.5 Å². The van der Waals surface area contributed by atoms with E-state index in [-0.39, 0.29) is 11.0 Å². The van der Waals surface area contributed by atoms with Crippen molar-refractivity contribution in [3.8, 4) is 11.6 Å². The first kappa shape index (κ1) is 18.3. The number of rotatable bonds is 6. The summed E-state index contributed by atoms with van der Waals surface area (Å²) in [4.78, 5) is 17.1. The van der Waals surface area contributed by atoms with Gasteiger partial charge in [0.15, 0.2) is 10.9 Å². The van der Waals surface area contributed by atoms with E-state index < -0.39 is 0 Å². The van der Waals surface area contributed by atoms with Crippen LogP contribution in [0.25, 0.3) is 5.82 Å². The molecule has 0 bridgehead atoms. The summed E-state index contributed by atoms with van der Waals surface area (Å²) in [7, 11) is 0. The molecule has 4 rings (SSSR count). The lowest BCUT2D eigenvalue weighted by Crippen LogP contribution is -2.03. The molecule has 0 aliphatic carbocycles. The molecule has 0 saturated carbocycles. The zero-order valence-electron chi connectivity index (χ0n) is 14.8. The molecule has 3 aromatic rings.